The number of halogens is 2. The number of carbonyl (C=O) groups excluding carboxylic acids is 1. The predicted molar refractivity (Wildman–Crippen MR) is 142 cm³/mol. The zero-order chi connectivity index (χ0) is 26.0. The Morgan fingerprint density at radius 2 is 2.00 bits per heavy atom. The Labute approximate surface area is 225 Å². The van der Waals surface area contributed by atoms with Crippen LogP contribution >= 0.6 is 34.7 Å². The summed E-state index contributed by atoms with van der Waals surface area (Å²) in [5, 5.41) is 18.5. The fourth-order valence-electron chi connectivity index (χ4n) is 4.02. The Balaban J connectivity index is 1.51. The van der Waals surface area contributed by atoms with Crippen molar-refractivity contribution < 1.29 is 23.8 Å². The number of ether oxygens (including phenoxy) is 2. The number of amides is 1. The van der Waals surface area contributed by atoms with Gasteiger partial charge in [-0.15, -0.1) is 0 Å². The van der Waals surface area contributed by atoms with E-state index in [0.717, 1.165) is 17.3 Å². The molecule has 2 aromatic heterocycles. The molecule has 0 bridgehead atoms. The van der Waals surface area contributed by atoms with Crippen molar-refractivity contribution in [3.8, 4) is 17.4 Å². The monoisotopic (exact) mass is 554 g/mol. The molecule has 10 heteroatoms. The summed E-state index contributed by atoms with van der Waals surface area (Å²) in [4.78, 5) is 18.8. The zero-order valence-corrected chi connectivity index (χ0v) is 21.8. The Kier molecular flexibility index (Phi) is 7.10. The first-order chi connectivity index (χ1) is 17.9. The van der Waals surface area contributed by atoms with Gasteiger partial charge < -0.3 is 19.9 Å². The lowest BCUT2D eigenvalue weighted by Crippen LogP contribution is -2.50. The van der Waals surface area contributed by atoms with Gasteiger partial charge in [0.1, 0.15) is 22.0 Å². The number of thiophene rings is 1. The number of aliphatic hydroxyl groups is 1. The number of methoxy groups -OCH3 is 1. The predicted octanol–water partition coefficient (Wildman–Crippen LogP) is 7.06. The van der Waals surface area contributed by atoms with E-state index in [0.29, 0.717) is 15.6 Å². The average Bonchev–Trinajstić information content (AvgIpc) is 3.43. The van der Waals surface area contributed by atoms with Gasteiger partial charge in [0.15, 0.2) is 11.6 Å². The lowest BCUT2D eigenvalue weighted by Gasteiger charge is -2.37. The van der Waals surface area contributed by atoms with E-state index in [9.17, 15) is 14.3 Å². The number of thioether (sulfide) groups is 1. The molecule has 2 N–H and O–H groups in total. The largest absolute Gasteiger partial charge is 0.511 e. The molecule has 0 aliphatic carbocycles. The van der Waals surface area contributed by atoms with Crippen LogP contribution < -0.4 is 14.8 Å². The van der Waals surface area contributed by atoms with Crippen molar-refractivity contribution in [3.63, 3.8) is 0 Å². The molecule has 6 nitrogen and oxygen atoms in total. The molecule has 1 unspecified atom stereocenters. The Morgan fingerprint density at radius 3 is 2.70 bits per heavy atom. The molecule has 2 aromatic carbocycles. The number of hydrogen-bond acceptors (Lipinski definition) is 7. The number of nitrogens with zero attached hydrogens (tertiary/aromatic N) is 1. The van der Waals surface area contributed by atoms with E-state index in [1.54, 1.807) is 42.5 Å². The third-order valence-electron chi connectivity index (χ3n) is 5.80. The van der Waals surface area contributed by atoms with E-state index < -0.39 is 17.3 Å². The van der Waals surface area contributed by atoms with Crippen LogP contribution in [-0.4, -0.2) is 23.1 Å². The van der Waals surface area contributed by atoms with Crippen molar-refractivity contribution >= 4 is 40.6 Å². The second-order valence-electron chi connectivity index (χ2n) is 8.12. The zero-order valence-electron chi connectivity index (χ0n) is 19.4. The summed E-state index contributed by atoms with van der Waals surface area (Å²) in [6.45, 7) is 0. The van der Waals surface area contributed by atoms with E-state index in [4.69, 9.17) is 21.1 Å². The number of aromatic nitrogens is 1. The molecular weight excluding hydrogens is 535 g/mol. The number of hydrogen-bond donors (Lipinski definition) is 2. The van der Waals surface area contributed by atoms with Gasteiger partial charge in [0.2, 0.25) is 5.88 Å². The van der Waals surface area contributed by atoms with Crippen molar-refractivity contribution in [2.75, 3.05) is 7.11 Å². The molecule has 0 saturated heterocycles. The Hall–Kier alpha value is -3.53. The van der Waals surface area contributed by atoms with Crippen LogP contribution in [0.25, 0.3) is 0 Å². The normalized spacial score (nSPS) is 17.4. The van der Waals surface area contributed by atoms with Gasteiger partial charge in [0.05, 0.1) is 17.8 Å². The molecule has 0 radical (unpaired) electrons. The van der Waals surface area contributed by atoms with Crippen LogP contribution in [0.1, 0.15) is 17.7 Å². The fraction of sp³-hybridized carbons (Fsp3) is 0.111. The third kappa shape index (κ3) is 5.02. The molecule has 5 rings (SSSR count). The summed E-state index contributed by atoms with van der Waals surface area (Å²) in [5.74, 6) is -0.561. The first-order valence-corrected chi connectivity index (χ1v) is 13.2. The van der Waals surface area contributed by atoms with Crippen molar-refractivity contribution in [1.82, 2.24) is 10.3 Å². The number of carbonyl (C=O) groups is 1. The van der Waals surface area contributed by atoms with Gasteiger partial charge in [-0.3, -0.25) is 4.79 Å². The van der Waals surface area contributed by atoms with Crippen LogP contribution in [0.5, 0.6) is 17.4 Å². The SMILES string of the molecule is COc1ccc(Oc2cccc(C3(c4ccsc4)CC(O)=C(Sc4ccccc4Cl)C(=O)N3)n2)cc1F. The quantitative estimate of drug-likeness (QED) is 0.254. The van der Waals surface area contributed by atoms with Gasteiger partial charge in [0, 0.05) is 23.4 Å². The highest BCUT2D eigenvalue weighted by atomic mass is 35.5. The van der Waals surface area contributed by atoms with Crippen LogP contribution in [0.3, 0.4) is 0 Å². The van der Waals surface area contributed by atoms with Gasteiger partial charge in [-0.2, -0.15) is 11.3 Å². The molecule has 0 saturated carbocycles. The highest BCUT2D eigenvalue weighted by Crippen LogP contribution is 2.44. The molecule has 0 fully saturated rings. The second kappa shape index (κ2) is 10.5. The Bertz CT molecular complexity index is 1500. The molecular formula is C27H20ClFN2O4S2. The molecule has 1 atom stereocenters. The summed E-state index contributed by atoms with van der Waals surface area (Å²) in [7, 11) is 1.38. The summed E-state index contributed by atoms with van der Waals surface area (Å²) in [6, 6.07) is 18.3. The van der Waals surface area contributed by atoms with E-state index in [1.807, 2.05) is 22.9 Å². The van der Waals surface area contributed by atoms with E-state index in [-0.39, 0.29) is 34.5 Å². The minimum atomic E-state index is -1.14. The number of aliphatic hydroxyl groups excluding tert-OH is 1. The highest BCUT2D eigenvalue weighted by molar-refractivity contribution is 8.04. The van der Waals surface area contributed by atoms with Gasteiger partial charge in [-0.25, -0.2) is 9.37 Å². The molecule has 1 aliphatic rings. The number of pyridine rings is 1. The number of nitrogens with one attached hydrogen (secondary N) is 1. The molecule has 4 aromatic rings. The van der Waals surface area contributed by atoms with Gasteiger partial charge in [0.25, 0.3) is 5.91 Å². The average molecular weight is 555 g/mol. The molecule has 3 heterocycles. The third-order valence-corrected chi connectivity index (χ3v) is 8.12. The van der Waals surface area contributed by atoms with Crippen LogP contribution in [-0.2, 0) is 10.3 Å². The first kappa shape index (κ1) is 25.1. The fourth-order valence-corrected chi connectivity index (χ4v) is 5.87. The van der Waals surface area contributed by atoms with Crippen molar-refractivity contribution in [2.45, 2.75) is 16.9 Å². The molecule has 37 heavy (non-hydrogen) atoms. The first-order valence-electron chi connectivity index (χ1n) is 11.1. The summed E-state index contributed by atoms with van der Waals surface area (Å²) in [6.07, 6.45) is 0.0654. The van der Waals surface area contributed by atoms with Crippen molar-refractivity contribution in [2.24, 2.45) is 0 Å². The van der Waals surface area contributed by atoms with Crippen LogP contribution in [0.2, 0.25) is 5.02 Å². The van der Waals surface area contributed by atoms with E-state index >= 15 is 0 Å². The highest BCUT2D eigenvalue weighted by Gasteiger charge is 2.44. The van der Waals surface area contributed by atoms with Gasteiger partial charge in [-0.1, -0.05) is 41.6 Å². The number of benzene rings is 2. The maximum absolute atomic E-state index is 14.2. The van der Waals surface area contributed by atoms with Crippen LogP contribution in [0, 0.1) is 5.82 Å². The standard InChI is InChI=1S/C27H20ClFN2O4S2/c1-34-21-10-9-17(13-19(21)29)35-24-8-4-7-23(30-24)27(16-11-12-36-15-16)14-20(32)25(26(33)31-27)37-22-6-3-2-5-18(22)28/h2-13,15,32H,14H2,1H3,(H,31,33). The van der Waals surface area contributed by atoms with Crippen molar-refractivity contribution in [1.29, 1.82) is 0 Å². The van der Waals surface area contributed by atoms with Crippen LogP contribution in [0.4, 0.5) is 4.39 Å². The van der Waals surface area contributed by atoms with Crippen LogP contribution in [0.15, 0.2) is 93.0 Å². The number of rotatable bonds is 7. The summed E-state index contributed by atoms with van der Waals surface area (Å²) >= 11 is 8.84. The smallest absolute Gasteiger partial charge is 0.262 e. The van der Waals surface area contributed by atoms with E-state index in [1.165, 1.54) is 30.6 Å². The topological polar surface area (TPSA) is 80.7 Å². The maximum atomic E-state index is 14.2. The maximum Gasteiger partial charge on any atom is 0.262 e. The minimum Gasteiger partial charge on any atom is -0.511 e. The Morgan fingerprint density at radius 1 is 1.16 bits per heavy atom. The molecule has 1 amide bonds. The molecule has 188 valence electrons. The lowest BCUT2D eigenvalue weighted by atomic mass is 9.82. The van der Waals surface area contributed by atoms with Gasteiger partial charge in [-0.05, 0) is 52.7 Å². The summed E-state index contributed by atoms with van der Waals surface area (Å²) in [5.41, 5.74) is 0.0781. The minimum absolute atomic E-state index is 0.0654. The molecule has 1 aliphatic heterocycles. The molecule has 0 spiro atoms. The van der Waals surface area contributed by atoms with E-state index in [2.05, 4.69) is 10.3 Å². The lowest BCUT2D eigenvalue weighted by molar-refractivity contribution is -0.119. The van der Waals surface area contributed by atoms with Crippen molar-refractivity contribution in [3.05, 3.63) is 110 Å². The van der Waals surface area contributed by atoms with Gasteiger partial charge >= 0.3 is 0 Å². The second-order valence-corrected chi connectivity index (χ2v) is 10.4. The summed E-state index contributed by atoms with van der Waals surface area (Å²) < 4.78 is 24.9.